The molecule has 1 atom stereocenters. The SMILES string of the molecule is CNc1ccccc1[C@H](Cc1ccccc1)OC(C)(C)C. The van der Waals surface area contributed by atoms with E-state index in [0.29, 0.717) is 0 Å². The molecule has 2 heteroatoms. The maximum atomic E-state index is 6.33. The van der Waals surface area contributed by atoms with Crippen molar-refractivity contribution in [2.24, 2.45) is 0 Å². The zero-order valence-electron chi connectivity index (χ0n) is 13.4. The van der Waals surface area contributed by atoms with Gasteiger partial charge in [-0.1, -0.05) is 48.5 Å². The maximum Gasteiger partial charge on any atom is 0.0892 e. The lowest BCUT2D eigenvalue weighted by molar-refractivity contribution is -0.0610. The Labute approximate surface area is 128 Å². The van der Waals surface area contributed by atoms with Crippen molar-refractivity contribution in [2.75, 3.05) is 12.4 Å². The summed E-state index contributed by atoms with van der Waals surface area (Å²) in [5.41, 5.74) is 3.44. The van der Waals surface area contributed by atoms with Crippen LogP contribution in [-0.2, 0) is 11.2 Å². The summed E-state index contributed by atoms with van der Waals surface area (Å²) in [4.78, 5) is 0. The Hall–Kier alpha value is -1.80. The van der Waals surface area contributed by atoms with Gasteiger partial charge in [0.2, 0.25) is 0 Å². The van der Waals surface area contributed by atoms with E-state index in [4.69, 9.17) is 4.74 Å². The molecule has 2 nitrogen and oxygen atoms in total. The van der Waals surface area contributed by atoms with Crippen LogP contribution in [0.3, 0.4) is 0 Å². The van der Waals surface area contributed by atoms with Gasteiger partial charge in [-0.05, 0) is 32.4 Å². The van der Waals surface area contributed by atoms with Crippen molar-refractivity contribution in [1.29, 1.82) is 0 Å². The summed E-state index contributed by atoms with van der Waals surface area (Å²) in [5.74, 6) is 0. The van der Waals surface area contributed by atoms with E-state index in [2.05, 4.69) is 68.6 Å². The van der Waals surface area contributed by atoms with Crippen molar-refractivity contribution in [3.8, 4) is 0 Å². The third-order valence-corrected chi connectivity index (χ3v) is 3.34. The van der Waals surface area contributed by atoms with Gasteiger partial charge in [-0.2, -0.15) is 0 Å². The molecule has 1 N–H and O–H groups in total. The molecule has 0 radical (unpaired) electrons. The molecule has 0 saturated carbocycles. The van der Waals surface area contributed by atoms with E-state index in [1.165, 1.54) is 11.1 Å². The van der Waals surface area contributed by atoms with Gasteiger partial charge in [-0.15, -0.1) is 0 Å². The molecule has 2 aromatic carbocycles. The van der Waals surface area contributed by atoms with Crippen LogP contribution >= 0.6 is 0 Å². The van der Waals surface area contributed by atoms with Crippen molar-refractivity contribution in [3.05, 3.63) is 65.7 Å². The van der Waals surface area contributed by atoms with Crippen molar-refractivity contribution in [2.45, 2.75) is 38.9 Å². The van der Waals surface area contributed by atoms with Gasteiger partial charge in [-0.25, -0.2) is 0 Å². The molecule has 0 spiro atoms. The zero-order valence-corrected chi connectivity index (χ0v) is 13.4. The first kappa shape index (κ1) is 15.6. The lowest BCUT2D eigenvalue weighted by Gasteiger charge is -2.29. The fourth-order valence-corrected chi connectivity index (χ4v) is 2.48. The van der Waals surface area contributed by atoms with Crippen LogP contribution in [0.15, 0.2) is 54.6 Å². The summed E-state index contributed by atoms with van der Waals surface area (Å²) >= 11 is 0. The van der Waals surface area contributed by atoms with Crippen molar-refractivity contribution >= 4 is 5.69 Å². The molecule has 112 valence electrons. The summed E-state index contributed by atoms with van der Waals surface area (Å²) in [6.07, 6.45) is 0.910. The van der Waals surface area contributed by atoms with Gasteiger partial charge < -0.3 is 10.1 Å². The number of rotatable bonds is 5. The lowest BCUT2D eigenvalue weighted by atomic mass is 9.98. The Kier molecular flexibility index (Phi) is 5.03. The normalized spacial score (nSPS) is 13.0. The van der Waals surface area contributed by atoms with E-state index < -0.39 is 0 Å². The maximum absolute atomic E-state index is 6.33. The first-order chi connectivity index (χ1) is 9.99. The summed E-state index contributed by atoms with van der Waals surface area (Å²) < 4.78 is 6.33. The second-order valence-electron chi connectivity index (χ2n) is 6.25. The second-order valence-corrected chi connectivity index (χ2v) is 6.25. The molecule has 2 aromatic rings. The fourth-order valence-electron chi connectivity index (χ4n) is 2.48. The molecule has 0 aliphatic rings. The molecule has 0 aromatic heterocycles. The van der Waals surface area contributed by atoms with Crippen molar-refractivity contribution < 1.29 is 4.74 Å². The number of benzene rings is 2. The van der Waals surface area contributed by atoms with Gasteiger partial charge in [-0.3, -0.25) is 0 Å². The minimum Gasteiger partial charge on any atom is -0.388 e. The highest BCUT2D eigenvalue weighted by Gasteiger charge is 2.22. The highest BCUT2D eigenvalue weighted by Crippen LogP contribution is 2.32. The highest BCUT2D eigenvalue weighted by molar-refractivity contribution is 5.52. The molecule has 0 saturated heterocycles. The van der Waals surface area contributed by atoms with Crippen molar-refractivity contribution in [1.82, 2.24) is 0 Å². The highest BCUT2D eigenvalue weighted by atomic mass is 16.5. The topological polar surface area (TPSA) is 21.3 Å². The molecular formula is C19H25NO. The van der Waals surface area contributed by atoms with Crippen LogP contribution < -0.4 is 5.32 Å². The van der Waals surface area contributed by atoms with Crippen LogP contribution in [0.1, 0.15) is 38.0 Å². The van der Waals surface area contributed by atoms with Gasteiger partial charge in [0.15, 0.2) is 0 Å². The summed E-state index contributed by atoms with van der Waals surface area (Å²) in [6.45, 7) is 6.31. The van der Waals surface area contributed by atoms with Crippen LogP contribution in [-0.4, -0.2) is 12.6 Å². The number of ether oxygens (including phenoxy) is 1. The number of para-hydroxylation sites is 1. The van der Waals surface area contributed by atoms with Gasteiger partial charge in [0.1, 0.15) is 0 Å². The molecule has 0 bridgehead atoms. The predicted molar refractivity (Wildman–Crippen MR) is 89.7 cm³/mol. The van der Waals surface area contributed by atoms with Crippen LogP contribution in [0.4, 0.5) is 5.69 Å². The van der Waals surface area contributed by atoms with E-state index >= 15 is 0 Å². The van der Waals surface area contributed by atoms with Crippen LogP contribution in [0, 0.1) is 0 Å². The molecule has 0 heterocycles. The molecule has 0 unspecified atom stereocenters. The van der Waals surface area contributed by atoms with Gasteiger partial charge >= 0.3 is 0 Å². The first-order valence-electron chi connectivity index (χ1n) is 7.48. The second kappa shape index (κ2) is 6.77. The number of anilines is 1. The predicted octanol–water partition coefficient (Wildman–Crippen LogP) is 4.83. The minimum absolute atomic E-state index is 0.0380. The fraction of sp³-hybridized carbons (Fsp3) is 0.368. The molecule has 0 aliphatic carbocycles. The third-order valence-electron chi connectivity index (χ3n) is 3.34. The Bertz CT molecular complexity index is 557. The number of hydrogen-bond acceptors (Lipinski definition) is 2. The quantitative estimate of drug-likeness (QED) is 0.848. The Morgan fingerprint density at radius 2 is 1.57 bits per heavy atom. The largest absolute Gasteiger partial charge is 0.388 e. The molecule has 0 amide bonds. The van der Waals surface area contributed by atoms with Crippen molar-refractivity contribution in [3.63, 3.8) is 0 Å². The average molecular weight is 283 g/mol. The van der Waals surface area contributed by atoms with Crippen LogP contribution in [0.25, 0.3) is 0 Å². The number of hydrogen-bond donors (Lipinski definition) is 1. The lowest BCUT2D eigenvalue weighted by Crippen LogP contribution is -2.24. The zero-order chi connectivity index (χ0) is 15.3. The third kappa shape index (κ3) is 4.61. The molecule has 2 rings (SSSR count). The standard InChI is InChI=1S/C19H25NO/c1-19(2,3)21-18(14-15-10-6-5-7-11-15)16-12-8-9-13-17(16)20-4/h5-13,18,20H,14H2,1-4H3/t18-/m0/s1. The Morgan fingerprint density at radius 3 is 2.19 bits per heavy atom. The van der Waals surface area contributed by atoms with Gasteiger partial charge in [0.05, 0.1) is 11.7 Å². The molecule has 0 aliphatic heterocycles. The molecule has 21 heavy (non-hydrogen) atoms. The average Bonchev–Trinajstić information content (AvgIpc) is 2.46. The van der Waals surface area contributed by atoms with Gasteiger partial charge in [0.25, 0.3) is 0 Å². The smallest absolute Gasteiger partial charge is 0.0892 e. The van der Waals surface area contributed by atoms with E-state index in [1.54, 1.807) is 0 Å². The van der Waals surface area contributed by atoms with Crippen LogP contribution in [0.5, 0.6) is 0 Å². The van der Waals surface area contributed by atoms with E-state index in [0.717, 1.165) is 12.1 Å². The summed E-state index contributed by atoms with van der Waals surface area (Å²) in [6, 6.07) is 18.9. The first-order valence-corrected chi connectivity index (χ1v) is 7.48. The minimum atomic E-state index is -0.180. The van der Waals surface area contributed by atoms with E-state index in [-0.39, 0.29) is 11.7 Å². The van der Waals surface area contributed by atoms with E-state index in [9.17, 15) is 0 Å². The van der Waals surface area contributed by atoms with E-state index in [1.807, 2.05) is 19.2 Å². The summed E-state index contributed by atoms with van der Waals surface area (Å²) in [7, 11) is 1.95. The van der Waals surface area contributed by atoms with Gasteiger partial charge in [0, 0.05) is 24.7 Å². The number of nitrogens with one attached hydrogen (secondary N) is 1. The Balaban J connectivity index is 2.31. The monoisotopic (exact) mass is 283 g/mol. The van der Waals surface area contributed by atoms with Crippen LogP contribution in [0.2, 0.25) is 0 Å². The molecule has 0 fully saturated rings. The summed E-state index contributed by atoms with van der Waals surface area (Å²) in [5, 5.41) is 3.27. The Morgan fingerprint density at radius 1 is 0.952 bits per heavy atom. The molecular weight excluding hydrogens is 258 g/mol.